The Bertz CT molecular complexity index is 529. The lowest BCUT2D eigenvalue weighted by Crippen LogP contribution is -2.47. The SMILES string of the molecule is O=C(NCC1(C(=O)O)CCC1)c1cc(Cl)ccc1I. The number of aliphatic carboxylic acids is 1. The number of carboxylic acids is 1. The number of benzene rings is 1. The van der Waals surface area contributed by atoms with Gasteiger partial charge in [0.25, 0.3) is 5.91 Å². The van der Waals surface area contributed by atoms with Crippen LogP contribution in [-0.4, -0.2) is 23.5 Å². The van der Waals surface area contributed by atoms with Crippen molar-refractivity contribution in [3.63, 3.8) is 0 Å². The third-order valence-electron chi connectivity index (χ3n) is 3.52. The summed E-state index contributed by atoms with van der Waals surface area (Å²) in [5.41, 5.74) is -0.299. The topological polar surface area (TPSA) is 66.4 Å². The first kappa shape index (κ1) is 14.6. The number of hydrogen-bond acceptors (Lipinski definition) is 2. The molecule has 0 radical (unpaired) electrons. The van der Waals surface area contributed by atoms with E-state index in [-0.39, 0.29) is 12.5 Å². The maximum atomic E-state index is 12.1. The van der Waals surface area contributed by atoms with Crippen molar-refractivity contribution in [1.29, 1.82) is 0 Å². The van der Waals surface area contributed by atoms with Crippen LogP contribution in [-0.2, 0) is 4.79 Å². The molecule has 1 aromatic carbocycles. The first-order chi connectivity index (χ1) is 8.94. The van der Waals surface area contributed by atoms with E-state index in [0.29, 0.717) is 23.4 Å². The van der Waals surface area contributed by atoms with Crippen molar-refractivity contribution < 1.29 is 14.7 Å². The van der Waals surface area contributed by atoms with Gasteiger partial charge < -0.3 is 10.4 Å². The fraction of sp³-hybridized carbons (Fsp3) is 0.385. The lowest BCUT2D eigenvalue weighted by atomic mass is 9.69. The van der Waals surface area contributed by atoms with Crippen LogP contribution in [0.3, 0.4) is 0 Å². The van der Waals surface area contributed by atoms with Gasteiger partial charge in [0.15, 0.2) is 0 Å². The van der Waals surface area contributed by atoms with E-state index in [4.69, 9.17) is 11.6 Å². The second kappa shape index (κ2) is 5.66. The Balaban J connectivity index is 2.05. The molecule has 1 aromatic rings. The molecule has 1 saturated carbocycles. The number of nitrogens with one attached hydrogen (secondary N) is 1. The maximum Gasteiger partial charge on any atom is 0.311 e. The maximum absolute atomic E-state index is 12.1. The van der Waals surface area contributed by atoms with Gasteiger partial charge in [0.1, 0.15) is 0 Å². The highest BCUT2D eigenvalue weighted by molar-refractivity contribution is 14.1. The van der Waals surface area contributed by atoms with E-state index in [1.54, 1.807) is 18.2 Å². The van der Waals surface area contributed by atoms with Crippen molar-refractivity contribution in [3.8, 4) is 0 Å². The molecule has 2 N–H and O–H groups in total. The fourth-order valence-corrected chi connectivity index (χ4v) is 2.84. The van der Waals surface area contributed by atoms with Crippen LogP contribution in [0, 0.1) is 8.99 Å². The molecule has 0 spiro atoms. The van der Waals surface area contributed by atoms with Crippen molar-refractivity contribution in [1.82, 2.24) is 5.32 Å². The van der Waals surface area contributed by atoms with Crippen molar-refractivity contribution >= 4 is 46.1 Å². The van der Waals surface area contributed by atoms with Gasteiger partial charge >= 0.3 is 5.97 Å². The Morgan fingerprint density at radius 2 is 2.11 bits per heavy atom. The standard InChI is InChI=1S/C13H13ClINO3/c14-8-2-3-10(15)9(6-8)11(17)16-7-13(12(18)19)4-1-5-13/h2-3,6H,1,4-5,7H2,(H,16,17)(H,18,19). The van der Waals surface area contributed by atoms with Crippen LogP contribution in [0.4, 0.5) is 0 Å². The number of carboxylic acid groups (broad SMARTS) is 1. The molecular formula is C13H13ClINO3. The van der Waals surface area contributed by atoms with Crippen LogP contribution >= 0.6 is 34.2 Å². The van der Waals surface area contributed by atoms with Crippen molar-refractivity contribution in [3.05, 3.63) is 32.4 Å². The molecule has 1 amide bonds. The normalized spacial score (nSPS) is 16.5. The lowest BCUT2D eigenvalue weighted by Gasteiger charge is -2.37. The highest BCUT2D eigenvalue weighted by Crippen LogP contribution is 2.40. The minimum absolute atomic E-state index is 0.170. The van der Waals surface area contributed by atoms with Gasteiger partial charge in [-0.25, -0.2) is 0 Å². The molecule has 0 atom stereocenters. The summed E-state index contributed by atoms with van der Waals surface area (Å²) in [5, 5.41) is 12.4. The molecule has 1 fully saturated rings. The highest BCUT2D eigenvalue weighted by Gasteiger charge is 2.44. The summed E-state index contributed by atoms with van der Waals surface area (Å²) in [4.78, 5) is 23.3. The van der Waals surface area contributed by atoms with Crippen LogP contribution in [0.5, 0.6) is 0 Å². The van der Waals surface area contributed by atoms with E-state index in [0.717, 1.165) is 9.99 Å². The number of rotatable bonds is 4. The number of carbonyl (C=O) groups excluding carboxylic acids is 1. The van der Waals surface area contributed by atoms with E-state index in [2.05, 4.69) is 27.9 Å². The summed E-state index contributed by atoms with van der Waals surface area (Å²) >= 11 is 7.92. The van der Waals surface area contributed by atoms with Gasteiger partial charge in [-0.05, 0) is 53.6 Å². The molecular weight excluding hydrogens is 381 g/mol. The fourth-order valence-electron chi connectivity index (χ4n) is 2.09. The van der Waals surface area contributed by atoms with Gasteiger partial charge in [0.05, 0.1) is 11.0 Å². The van der Waals surface area contributed by atoms with Crippen molar-refractivity contribution in [2.75, 3.05) is 6.54 Å². The summed E-state index contributed by atoms with van der Waals surface area (Å²) < 4.78 is 0.789. The minimum atomic E-state index is -0.833. The molecule has 0 bridgehead atoms. The van der Waals surface area contributed by atoms with E-state index >= 15 is 0 Å². The minimum Gasteiger partial charge on any atom is -0.481 e. The zero-order valence-corrected chi connectivity index (χ0v) is 13.0. The molecule has 1 aliphatic rings. The molecule has 0 saturated heterocycles. The molecule has 2 rings (SSSR count). The summed E-state index contributed by atoms with van der Waals surface area (Å²) in [5.74, 6) is -1.11. The van der Waals surface area contributed by atoms with Gasteiger partial charge in [-0.2, -0.15) is 0 Å². The van der Waals surface area contributed by atoms with Crippen LogP contribution in [0.1, 0.15) is 29.6 Å². The monoisotopic (exact) mass is 393 g/mol. The van der Waals surface area contributed by atoms with Gasteiger partial charge in [-0.3, -0.25) is 9.59 Å². The smallest absolute Gasteiger partial charge is 0.311 e. The van der Waals surface area contributed by atoms with Crippen LogP contribution < -0.4 is 5.32 Å². The van der Waals surface area contributed by atoms with Crippen LogP contribution in [0.25, 0.3) is 0 Å². The Morgan fingerprint density at radius 3 is 2.63 bits per heavy atom. The molecule has 6 heteroatoms. The third kappa shape index (κ3) is 3.02. The summed E-state index contributed by atoms with van der Waals surface area (Å²) in [6.07, 6.45) is 2.14. The number of amides is 1. The first-order valence-corrected chi connectivity index (χ1v) is 7.37. The lowest BCUT2D eigenvalue weighted by molar-refractivity contribution is -0.153. The molecule has 0 aromatic heterocycles. The highest BCUT2D eigenvalue weighted by atomic mass is 127. The summed E-state index contributed by atoms with van der Waals surface area (Å²) in [6, 6.07) is 5.06. The third-order valence-corrected chi connectivity index (χ3v) is 4.70. The van der Waals surface area contributed by atoms with Crippen LogP contribution in [0.15, 0.2) is 18.2 Å². The molecule has 0 aliphatic heterocycles. The number of carbonyl (C=O) groups is 2. The largest absolute Gasteiger partial charge is 0.481 e. The second-order valence-corrected chi connectivity index (χ2v) is 6.34. The van der Waals surface area contributed by atoms with E-state index < -0.39 is 11.4 Å². The number of halogens is 2. The predicted molar refractivity (Wildman–Crippen MR) is 80.4 cm³/mol. The average Bonchev–Trinajstić information content (AvgIpc) is 2.30. The summed E-state index contributed by atoms with van der Waals surface area (Å²) in [7, 11) is 0. The molecule has 0 unspecified atom stereocenters. The Hall–Kier alpha value is -0.820. The van der Waals surface area contributed by atoms with Gasteiger partial charge in [-0.1, -0.05) is 18.0 Å². The molecule has 4 nitrogen and oxygen atoms in total. The van der Waals surface area contributed by atoms with E-state index in [1.165, 1.54) is 0 Å². The zero-order chi connectivity index (χ0) is 14.0. The van der Waals surface area contributed by atoms with E-state index in [1.807, 2.05) is 0 Å². The van der Waals surface area contributed by atoms with Crippen LogP contribution in [0.2, 0.25) is 5.02 Å². The van der Waals surface area contributed by atoms with E-state index in [9.17, 15) is 14.7 Å². The Kier molecular flexibility index (Phi) is 4.35. The van der Waals surface area contributed by atoms with Gasteiger partial charge in [0, 0.05) is 15.1 Å². The van der Waals surface area contributed by atoms with Crippen molar-refractivity contribution in [2.45, 2.75) is 19.3 Å². The zero-order valence-electron chi connectivity index (χ0n) is 10.1. The molecule has 102 valence electrons. The van der Waals surface area contributed by atoms with Crippen molar-refractivity contribution in [2.24, 2.45) is 5.41 Å². The number of hydrogen-bond donors (Lipinski definition) is 2. The quantitative estimate of drug-likeness (QED) is 0.773. The molecule has 19 heavy (non-hydrogen) atoms. The predicted octanol–water partition coefficient (Wildman–Crippen LogP) is 2.93. The van der Waals surface area contributed by atoms with Gasteiger partial charge in [0.2, 0.25) is 0 Å². The Labute approximate surface area is 129 Å². The van der Waals surface area contributed by atoms with Gasteiger partial charge in [-0.15, -0.1) is 0 Å². The Morgan fingerprint density at radius 1 is 1.42 bits per heavy atom. The first-order valence-electron chi connectivity index (χ1n) is 5.91. The summed E-state index contributed by atoms with van der Waals surface area (Å²) in [6.45, 7) is 0.170. The second-order valence-electron chi connectivity index (χ2n) is 4.75. The molecule has 0 heterocycles. The average molecular weight is 394 g/mol. The molecule has 1 aliphatic carbocycles.